The topological polar surface area (TPSA) is 119 Å². The Hall–Kier alpha value is -3.86. The molecule has 0 saturated carbocycles. The molecule has 2 amide bonds. The highest BCUT2D eigenvalue weighted by Gasteiger charge is 2.25. The standard InChI is InChI=1S/C24H30N6O5/c1-14-11-26-22(31)18-12-25-21-17(29(5)23(32)35-24(2,3)4)10-20(28-30(18)21)27-16-9-15(13-34-14)7-8-19(16)33-6/h7-10,12,14H,11,13H2,1-6H3,(H,26,31)(H,27,28). The van der Waals surface area contributed by atoms with Crippen molar-refractivity contribution >= 4 is 34.8 Å². The number of aromatic nitrogens is 3. The van der Waals surface area contributed by atoms with Crippen LogP contribution in [0.5, 0.6) is 5.75 Å². The molecule has 0 spiro atoms. The van der Waals surface area contributed by atoms with Crippen molar-refractivity contribution < 1.29 is 23.8 Å². The van der Waals surface area contributed by atoms with Crippen LogP contribution in [0, 0.1) is 0 Å². The summed E-state index contributed by atoms with van der Waals surface area (Å²) in [5.41, 5.74) is 1.84. The van der Waals surface area contributed by atoms with Crippen LogP contribution < -0.4 is 20.3 Å². The van der Waals surface area contributed by atoms with E-state index in [1.54, 1.807) is 41.0 Å². The fourth-order valence-electron chi connectivity index (χ4n) is 3.55. The lowest BCUT2D eigenvalue weighted by molar-refractivity contribution is 0.0508. The summed E-state index contributed by atoms with van der Waals surface area (Å²) < 4.78 is 18.3. The maximum atomic E-state index is 13.0. The molecule has 0 saturated heterocycles. The van der Waals surface area contributed by atoms with Gasteiger partial charge in [0.05, 0.1) is 37.4 Å². The highest BCUT2D eigenvalue weighted by atomic mass is 16.6. The number of rotatable bonds is 2. The van der Waals surface area contributed by atoms with Gasteiger partial charge in [0.15, 0.2) is 17.2 Å². The van der Waals surface area contributed by atoms with Gasteiger partial charge in [0, 0.05) is 19.7 Å². The molecule has 1 aliphatic heterocycles. The highest BCUT2D eigenvalue weighted by Crippen LogP contribution is 2.31. The van der Waals surface area contributed by atoms with Gasteiger partial charge in [0.1, 0.15) is 11.4 Å². The molecule has 186 valence electrons. The first kappa shape index (κ1) is 24.3. The van der Waals surface area contributed by atoms with E-state index in [4.69, 9.17) is 14.2 Å². The van der Waals surface area contributed by atoms with Crippen molar-refractivity contribution in [3.05, 3.63) is 41.7 Å². The molecule has 1 aliphatic rings. The molecule has 4 rings (SSSR count). The predicted octanol–water partition coefficient (Wildman–Crippen LogP) is 3.50. The minimum Gasteiger partial charge on any atom is -0.495 e. The number of hydrogen-bond acceptors (Lipinski definition) is 8. The number of hydrogen-bond donors (Lipinski definition) is 2. The molecule has 0 radical (unpaired) electrons. The van der Waals surface area contributed by atoms with Crippen LogP contribution in [0.15, 0.2) is 30.5 Å². The van der Waals surface area contributed by atoms with Gasteiger partial charge < -0.3 is 24.8 Å². The Morgan fingerprint density at radius 1 is 1.29 bits per heavy atom. The van der Waals surface area contributed by atoms with Crippen LogP contribution in [0.2, 0.25) is 0 Å². The summed E-state index contributed by atoms with van der Waals surface area (Å²) in [7, 11) is 3.16. The third kappa shape index (κ3) is 5.29. The molecular formula is C24H30N6O5. The summed E-state index contributed by atoms with van der Waals surface area (Å²) in [6, 6.07) is 7.33. The smallest absolute Gasteiger partial charge is 0.414 e. The maximum Gasteiger partial charge on any atom is 0.414 e. The molecule has 0 fully saturated rings. The summed E-state index contributed by atoms with van der Waals surface area (Å²) in [5, 5.41) is 10.7. The summed E-state index contributed by atoms with van der Waals surface area (Å²) in [5.74, 6) is 0.606. The first-order valence-electron chi connectivity index (χ1n) is 11.2. The fraction of sp³-hybridized carbons (Fsp3) is 0.417. The summed E-state index contributed by atoms with van der Waals surface area (Å²) in [4.78, 5) is 31.5. The second-order valence-electron chi connectivity index (χ2n) is 9.32. The summed E-state index contributed by atoms with van der Waals surface area (Å²) in [6.07, 6.45) is 0.634. The van der Waals surface area contributed by atoms with Crippen molar-refractivity contribution in [2.45, 2.75) is 46.0 Å². The minimum absolute atomic E-state index is 0.215. The third-order valence-electron chi connectivity index (χ3n) is 5.32. The summed E-state index contributed by atoms with van der Waals surface area (Å²) in [6.45, 7) is 7.91. The van der Waals surface area contributed by atoms with Crippen molar-refractivity contribution in [2.75, 3.05) is 30.9 Å². The Balaban J connectivity index is 1.87. The maximum absolute atomic E-state index is 13.0. The number of carbonyl (C=O) groups excluding carboxylic acids is 2. The number of amides is 2. The van der Waals surface area contributed by atoms with Crippen molar-refractivity contribution in [1.29, 1.82) is 0 Å². The SMILES string of the molecule is COc1ccc2cc1Nc1cc(N(C)C(=O)OC(C)(C)C)c3ncc(n3n1)C(=O)NCC(C)OC2. The number of methoxy groups -OCH3 is 1. The highest BCUT2D eigenvalue weighted by molar-refractivity contribution is 5.96. The molecule has 35 heavy (non-hydrogen) atoms. The van der Waals surface area contributed by atoms with Crippen LogP contribution in [-0.4, -0.2) is 59.0 Å². The molecule has 11 nitrogen and oxygen atoms in total. The number of benzene rings is 1. The van der Waals surface area contributed by atoms with E-state index >= 15 is 0 Å². The van der Waals surface area contributed by atoms with Crippen molar-refractivity contribution in [3.8, 4) is 5.75 Å². The van der Waals surface area contributed by atoms with Crippen LogP contribution in [0.3, 0.4) is 0 Å². The lowest BCUT2D eigenvalue weighted by atomic mass is 10.2. The van der Waals surface area contributed by atoms with Crippen molar-refractivity contribution in [3.63, 3.8) is 0 Å². The number of anilines is 3. The molecule has 1 unspecified atom stereocenters. The molecule has 2 aromatic heterocycles. The van der Waals surface area contributed by atoms with E-state index in [1.807, 2.05) is 25.1 Å². The Labute approximate surface area is 203 Å². The number of imidazole rings is 1. The van der Waals surface area contributed by atoms with E-state index in [0.717, 1.165) is 5.56 Å². The van der Waals surface area contributed by atoms with Crippen LogP contribution >= 0.6 is 0 Å². The van der Waals surface area contributed by atoms with Crippen molar-refractivity contribution in [1.82, 2.24) is 19.9 Å². The van der Waals surface area contributed by atoms with E-state index in [-0.39, 0.29) is 17.7 Å². The monoisotopic (exact) mass is 482 g/mol. The molecule has 11 heteroatoms. The van der Waals surface area contributed by atoms with Gasteiger partial charge in [-0.1, -0.05) is 6.07 Å². The summed E-state index contributed by atoms with van der Waals surface area (Å²) >= 11 is 0. The molecule has 2 N–H and O–H groups in total. The van der Waals surface area contributed by atoms with Crippen LogP contribution in [0.25, 0.3) is 5.65 Å². The quantitative estimate of drug-likeness (QED) is 0.570. The van der Waals surface area contributed by atoms with Gasteiger partial charge in [0.2, 0.25) is 0 Å². The average Bonchev–Trinajstić information content (AvgIpc) is 3.22. The van der Waals surface area contributed by atoms with Crippen LogP contribution in [0.1, 0.15) is 43.7 Å². The normalized spacial score (nSPS) is 16.3. The zero-order valence-corrected chi connectivity index (χ0v) is 20.7. The van der Waals surface area contributed by atoms with Crippen LogP contribution in [0.4, 0.5) is 22.0 Å². The molecule has 1 aromatic carbocycles. The van der Waals surface area contributed by atoms with E-state index in [9.17, 15) is 9.59 Å². The van der Waals surface area contributed by atoms with Crippen molar-refractivity contribution in [2.24, 2.45) is 0 Å². The molecule has 4 bridgehead atoms. The fourth-order valence-corrected chi connectivity index (χ4v) is 3.55. The number of fused-ring (bicyclic) bond motifs is 3. The second-order valence-corrected chi connectivity index (χ2v) is 9.32. The van der Waals surface area contributed by atoms with Gasteiger partial charge in [-0.3, -0.25) is 9.69 Å². The third-order valence-corrected chi connectivity index (χ3v) is 5.32. The molecule has 3 aromatic rings. The van der Waals surface area contributed by atoms with E-state index < -0.39 is 11.7 Å². The Kier molecular flexibility index (Phi) is 6.53. The first-order chi connectivity index (χ1) is 16.6. The number of ether oxygens (including phenoxy) is 3. The van der Waals surface area contributed by atoms with E-state index in [2.05, 4.69) is 20.7 Å². The average molecular weight is 483 g/mol. The molecule has 3 heterocycles. The Morgan fingerprint density at radius 3 is 2.77 bits per heavy atom. The molecular weight excluding hydrogens is 452 g/mol. The molecule has 0 aliphatic carbocycles. The van der Waals surface area contributed by atoms with Gasteiger partial charge in [-0.15, -0.1) is 5.10 Å². The largest absolute Gasteiger partial charge is 0.495 e. The van der Waals surface area contributed by atoms with Gasteiger partial charge in [0.25, 0.3) is 5.91 Å². The van der Waals surface area contributed by atoms with Gasteiger partial charge in [-0.25, -0.2) is 14.3 Å². The van der Waals surface area contributed by atoms with E-state index in [1.165, 1.54) is 15.6 Å². The van der Waals surface area contributed by atoms with E-state index in [0.29, 0.717) is 41.7 Å². The second kappa shape index (κ2) is 9.41. The predicted molar refractivity (Wildman–Crippen MR) is 130 cm³/mol. The molecule has 1 atom stereocenters. The number of carbonyl (C=O) groups is 2. The first-order valence-corrected chi connectivity index (χ1v) is 11.2. The Morgan fingerprint density at radius 2 is 2.06 bits per heavy atom. The number of nitrogens with one attached hydrogen (secondary N) is 2. The lowest BCUT2D eigenvalue weighted by Crippen LogP contribution is -2.35. The zero-order valence-electron chi connectivity index (χ0n) is 20.7. The number of nitrogens with zero attached hydrogens (tertiary/aromatic N) is 4. The lowest BCUT2D eigenvalue weighted by Gasteiger charge is -2.25. The Bertz CT molecular complexity index is 1270. The van der Waals surface area contributed by atoms with Crippen LogP contribution in [-0.2, 0) is 16.1 Å². The minimum atomic E-state index is -0.684. The van der Waals surface area contributed by atoms with Gasteiger partial charge in [-0.2, -0.15) is 0 Å². The van der Waals surface area contributed by atoms with Gasteiger partial charge in [-0.05, 0) is 45.4 Å². The zero-order chi connectivity index (χ0) is 25.3. The van der Waals surface area contributed by atoms with Gasteiger partial charge >= 0.3 is 6.09 Å².